The molecule has 1 heterocycles. The number of nitrogens with one attached hydrogen (secondary N) is 1. The number of carbonyl (C=O) groups excluding carboxylic acids is 1. The van der Waals surface area contributed by atoms with E-state index in [2.05, 4.69) is 15.5 Å². The van der Waals surface area contributed by atoms with E-state index in [0.29, 0.717) is 17.8 Å². The van der Waals surface area contributed by atoms with Crippen molar-refractivity contribution in [2.24, 2.45) is 5.41 Å². The van der Waals surface area contributed by atoms with Crippen LogP contribution in [-0.2, 0) is 16.1 Å². The lowest BCUT2D eigenvalue weighted by molar-refractivity contribution is -0.149. The van der Waals surface area contributed by atoms with Gasteiger partial charge in [-0.3, -0.25) is 9.59 Å². The molecule has 0 bridgehead atoms. The molecule has 21 heavy (non-hydrogen) atoms. The highest BCUT2D eigenvalue weighted by Gasteiger charge is 2.56. The molecule has 1 fully saturated rings. The first-order valence-corrected chi connectivity index (χ1v) is 7.33. The highest BCUT2D eigenvalue weighted by atomic mass is 32.1. The summed E-state index contributed by atoms with van der Waals surface area (Å²) >= 11 is 1.38. The van der Waals surface area contributed by atoms with E-state index in [1.165, 1.54) is 11.3 Å². The number of hydrogen-bond acceptors (Lipinski definition) is 5. The number of amides is 1. The van der Waals surface area contributed by atoms with E-state index in [1.807, 2.05) is 30.3 Å². The molecule has 0 saturated heterocycles. The van der Waals surface area contributed by atoms with E-state index in [-0.39, 0.29) is 6.54 Å². The van der Waals surface area contributed by atoms with Crippen LogP contribution in [0.5, 0.6) is 0 Å². The first-order valence-electron chi connectivity index (χ1n) is 6.51. The quantitative estimate of drug-likeness (QED) is 0.820. The maximum atomic E-state index is 11.9. The van der Waals surface area contributed by atoms with Gasteiger partial charge < -0.3 is 10.4 Å². The minimum atomic E-state index is -1.22. The number of hydrogen-bond donors (Lipinski definition) is 2. The van der Waals surface area contributed by atoms with Crippen molar-refractivity contribution >= 4 is 23.2 Å². The Bertz CT molecular complexity index is 680. The van der Waals surface area contributed by atoms with E-state index in [0.717, 1.165) is 10.6 Å². The summed E-state index contributed by atoms with van der Waals surface area (Å²) in [7, 11) is 0. The fourth-order valence-electron chi connectivity index (χ4n) is 2.01. The second kappa shape index (κ2) is 5.25. The average molecular weight is 303 g/mol. The van der Waals surface area contributed by atoms with Gasteiger partial charge in [0.1, 0.15) is 15.4 Å². The fourth-order valence-corrected chi connectivity index (χ4v) is 2.80. The minimum absolute atomic E-state index is 0.207. The summed E-state index contributed by atoms with van der Waals surface area (Å²) < 4.78 is 0. The number of carbonyl (C=O) groups is 2. The van der Waals surface area contributed by atoms with Crippen LogP contribution in [0.2, 0.25) is 0 Å². The summed E-state index contributed by atoms with van der Waals surface area (Å²) in [4.78, 5) is 22.9. The molecule has 6 nitrogen and oxygen atoms in total. The number of nitrogens with zero attached hydrogens (tertiary/aromatic N) is 2. The molecule has 0 unspecified atom stereocenters. The van der Waals surface area contributed by atoms with E-state index in [4.69, 9.17) is 5.11 Å². The third kappa shape index (κ3) is 2.64. The van der Waals surface area contributed by atoms with Gasteiger partial charge in [-0.1, -0.05) is 41.7 Å². The van der Waals surface area contributed by atoms with E-state index in [1.54, 1.807) is 0 Å². The molecule has 0 spiro atoms. The van der Waals surface area contributed by atoms with Gasteiger partial charge in [-0.25, -0.2) is 0 Å². The maximum absolute atomic E-state index is 11.9. The van der Waals surface area contributed by atoms with Gasteiger partial charge in [-0.05, 0) is 12.8 Å². The number of carboxylic acid groups (broad SMARTS) is 1. The third-order valence-corrected chi connectivity index (χ3v) is 4.45. The molecule has 7 heteroatoms. The molecule has 1 amide bonds. The normalized spacial score (nSPS) is 15.4. The number of carboxylic acids is 1. The van der Waals surface area contributed by atoms with Crippen LogP contribution in [0.15, 0.2) is 30.3 Å². The van der Waals surface area contributed by atoms with Crippen LogP contribution in [0.3, 0.4) is 0 Å². The van der Waals surface area contributed by atoms with Crippen molar-refractivity contribution in [2.45, 2.75) is 19.4 Å². The molecule has 0 radical (unpaired) electrons. The van der Waals surface area contributed by atoms with Crippen LogP contribution in [0.4, 0.5) is 0 Å². The summed E-state index contributed by atoms with van der Waals surface area (Å²) in [6.45, 7) is 0.207. The number of benzene rings is 1. The van der Waals surface area contributed by atoms with Crippen LogP contribution in [0.25, 0.3) is 10.6 Å². The lowest BCUT2D eigenvalue weighted by Gasteiger charge is -2.08. The Kier molecular flexibility index (Phi) is 3.42. The largest absolute Gasteiger partial charge is 0.480 e. The molecular formula is C14H13N3O3S. The highest BCUT2D eigenvalue weighted by molar-refractivity contribution is 7.14. The molecule has 0 aliphatic heterocycles. The summed E-state index contributed by atoms with van der Waals surface area (Å²) in [5, 5.41) is 21.2. The predicted octanol–water partition coefficient (Wildman–Crippen LogP) is 1.69. The summed E-state index contributed by atoms with van der Waals surface area (Å²) in [5.41, 5.74) is -0.246. The van der Waals surface area contributed by atoms with Crippen molar-refractivity contribution in [2.75, 3.05) is 0 Å². The van der Waals surface area contributed by atoms with Crippen LogP contribution < -0.4 is 5.32 Å². The molecule has 108 valence electrons. The van der Waals surface area contributed by atoms with Crippen molar-refractivity contribution in [3.8, 4) is 10.6 Å². The monoisotopic (exact) mass is 303 g/mol. The van der Waals surface area contributed by atoms with Gasteiger partial charge in [0, 0.05) is 5.56 Å². The molecule has 2 N–H and O–H groups in total. The van der Waals surface area contributed by atoms with Crippen LogP contribution >= 0.6 is 11.3 Å². The third-order valence-electron chi connectivity index (χ3n) is 3.48. The van der Waals surface area contributed by atoms with Crippen molar-refractivity contribution in [3.05, 3.63) is 35.3 Å². The smallest absolute Gasteiger partial charge is 0.319 e. The van der Waals surface area contributed by atoms with Crippen LogP contribution in [-0.4, -0.2) is 27.2 Å². The van der Waals surface area contributed by atoms with Crippen LogP contribution in [0, 0.1) is 5.41 Å². The van der Waals surface area contributed by atoms with Crippen LogP contribution in [0.1, 0.15) is 17.8 Å². The molecule has 0 atom stereocenters. The zero-order chi connectivity index (χ0) is 14.9. The zero-order valence-corrected chi connectivity index (χ0v) is 11.9. The molecule has 1 aromatic carbocycles. The van der Waals surface area contributed by atoms with Crippen molar-refractivity contribution < 1.29 is 14.7 Å². The Morgan fingerprint density at radius 3 is 2.57 bits per heavy atom. The van der Waals surface area contributed by atoms with Gasteiger partial charge in [0.25, 0.3) is 0 Å². The molecule has 1 aromatic heterocycles. The van der Waals surface area contributed by atoms with Gasteiger partial charge in [0.05, 0.1) is 6.54 Å². The summed E-state index contributed by atoms with van der Waals surface area (Å²) in [6.07, 6.45) is 0.805. The fraction of sp³-hybridized carbons (Fsp3) is 0.286. The SMILES string of the molecule is O=C(O)C1(C(=O)NCc2nnc(-c3ccccc3)s2)CC1. The molecule has 2 aromatic rings. The Hall–Kier alpha value is -2.28. The maximum Gasteiger partial charge on any atom is 0.319 e. The molecule has 3 rings (SSSR count). The van der Waals surface area contributed by atoms with Gasteiger partial charge >= 0.3 is 5.97 Å². The van der Waals surface area contributed by atoms with E-state index < -0.39 is 17.3 Å². The molecular weight excluding hydrogens is 290 g/mol. The van der Waals surface area contributed by atoms with Crippen molar-refractivity contribution in [1.82, 2.24) is 15.5 Å². The first-order chi connectivity index (χ1) is 10.1. The second-order valence-corrected chi connectivity index (χ2v) is 6.00. The topological polar surface area (TPSA) is 92.2 Å². The highest BCUT2D eigenvalue weighted by Crippen LogP contribution is 2.46. The Morgan fingerprint density at radius 1 is 1.24 bits per heavy atom. The Morgan fingerprint density at radius 2 is 1.95 bits per heavy atom. The standard InChI is InChI=1S/C14H13N3O3S/c18-12(14(6-7-14)13(19)20)15-8-10-16-17-11(21-10)9-4-2-1-3-5-9/h1-5H,6-8H2,(H,15,18)(H,19,20). The summed E-state index contributed by atoms with van der Waals surface area (Å²) in [6, 6.07) is 9.63. The number of aliphatic carboxylic acids is 1. The van der Waals surface area contributed by atoms with Gasteiger partial charge in [0.2, 0.25) is 5.91 Å². The second-order valence-electron chi connectivity index (χ2n) is 4.94. The Labute approximate surface area is 124 Å². The number of rotatable bonds is 5. The summed E-state index contributed by atoms with van der Waals surface area (Å²) in [5.74, 6) is -1.49. The molecule has 1 saturated carbocycles. The predicted molar refractivity (Wildman–Crippen MR) is 76.5 cm³/mol. The lowest BCUT2D eigenvalue weighted by atomic mass is 10.1. The van der Waals surface area contributed by atoms with Gasteiger partial charge in [-0.2, -0.15) is 0 Å². The van der Waals surface area contributed by atoms with Gasteiger partial charge in [0.15, 0.2) is 0 Å². The molecule has 1 aliphatic rings. The van der Waals surface area contributed by atoms with Gasteiger partial charge in [-0.15, -0.1) is 10.2 Å². The average Bonchev–Trinajstić information content (AvgIpc) is 3.19. The minimum Gasteiger partial charge on any atom is -0.480 e. The Balaban J connectivity index is 1.64. The number of aromatic nitrogens is 2. The van der Waals surface area contributed by atoms with E-state index >= 15 is 0 Å². The van der Waals surface area contributed by atoms with E-state index in [9.17, 15) is 9.59 Å². The first kappa shape index (κ1) is 13.7. The van der Waals surface area contributed by atoms with Crippen molar-refractivity contribution in [1.29, 1.82) is 0 Å². The molecule has 1 aliphatic carbocycles. The lowest BCUT2D eigenvalue weighted by Crippen LogP contribution is -2.36. The zero-order valence-electron chi connectivity index (χ0n) is 11.1. The van der Waals surface area contributed by atoms with Crippen molar-refractivity contribution in [3.63, 3.8) is 0 Å².